The Hall–Kier alpha value is -2.56. The predicted octanol–water partition coefficient (Wildman–Crippen LogP) is 2.93. The number of carbonyl (C=O) groups is 2. The first kappa shape index (κ1) is 14.4. The normalized spacial score (nSPS) is 15.7. The fourth-order valence-electron chi connectivity index (χ4n) is 2.61. The SMILES string of the molecule is COc1ccc2cc([C@H](C)C(=O)N3CCOC3=O)ccc2c1. The second-order valence-electron chi connectivity index (χ2n) is 5.30. The van der Waals surface area contributed by atoms with Crippen LogP contribution in [0.1, 0.15) is 18.4 Å². The summed E-state index contributed by atoms with van der Waals surface area (Å²) in [6, 6.07) is 11.6. The van der Waals surface area contributed by atoms with Crippen LogP contribution < -0.4 is 4.74 Å². The van der Waals surface area contributed by atoms with Crippen LogP contribution in [-0.2, 0) is 9.53 Å². The van der Waals surface area contributed by atoms with E-state index in [1.165, 1.54) is 4.90 Å². The van der Waals surface area contributed by atoms with Gasteiger partial charge >= 0.3 is 6.09 Å². The maximum atomic E-state index is 12.4. The lowest BCUT2D eigenvalue weighted by molar-refractivity contribution is -0.128. The number of methoxy groups -OCH3 is 1. The maximum Gasteiger partial charge on any atom is 0.416 e. The minimum Gasteiger partial charge on any atom is -0.497 e. The molecular weight excluding hydrogens is 282 g/mol. The molecule has 0 spiro atoms. The molecule has 1 heterocycles. The van der Waals surface area contributed by atoms with Crippen molar-refractivity contribution in [3.8, 4) is 5.75 Å². The summed E-state index contributed by atoms with van der Waals surface area (Å²) in [5.41, 5.74) is 0.877. The molecule has 22 heavy (non-hydrogen) atoms. The molecule has 1 fully saturated rings. The fraction of sp³-hybridized carbons (Fsp3) is 0.294. The summed E-state index contributed by atoms with van der Waals surface area (Å²) in [5, 5.41) is 2.07. The summed E-state index contributed by atoms with van der Waals surface area (Å²) >= 11 is 0. The van der Waals surface area contributed by atoms with E-state index in [2.05, 4.69) is 0 Å². The van der Waals surface area contributed by atoms with Gasteiger partial charge in [0.05, 0.1) is 19.6 Å². The topological polar surface area (TPSA) is 55.8 Å². The largest absolute Gasteiger partial charge is 0.497 e. The van der Waals surface area contributed by atoms with E-state index in [9.17, 15) is 9.59 Å². The molecule has 1 aliphatic heterocycles. The number of ether oxygens (including phenoxy) is 2. The molecule has 0 aliphatic carbocycles. The van der Waals surface area contributed by atoms with Gasteiger partial charge in [-0.1, -0.05) is 24.3 Å². The molecule has 2 aromatic carbocycles. The second-order valence-corrected chi connectivity index (χ2v) is 5.30. The van der Waals surface area contributed by atoms with Crippen LogP contribution in [0.2, 0.25) is 0 Å². The van der Waals surface area contributed by atoms with Crippen LogP contribution in [0.3, 0.4) is 0 Å². The van der Waals surface area contributed by atoms with Crippen molar-refractivity contribution >= 4 is 22.8 Å². The van der Waals surface area contributed by atoms with Crippen LogP contribution in [0.15, 0.2) is 36.4 Å². The highest BCUT2D eigenvalue weighted by atomic mass is 16.6. The first-order chi connectivity index (χ1) is 10.6. The molecule has 1 aliphatic rings. The molecule has 114 valence electrons. The molecular formula is C17H17NO4. The van der Waals surface area contributed by atoms with Crippen molar-refractivity contribution in [2.75, 3.05) is 20.3 Å². The van der Waals surface area contributed by atoms with Gasteiger partial charge in [0.25, 0.3) is 0 Å². The van der Waals surface area contributed by atoms with Crippen LogP contribution in [0.4, 0.5) is 4.79 Å². The standard InChI is InChI=1S/C17H17NO4/c1-11(16(19)18-7-8-22-17(18)20)12-3-4-14-10-15(21-2)6-5-13(14)9-12/h3-6,9-11H,7-8H2,1-2H3/t11-/m0/s1. The molecule has 2 amide bonds. The zero-order valence-corrected chi connectivity index (χ0v) is 12.5. The molecule has 0 radical (unpaired) electrons. The van der Waals surface area contributed by atoms with E-state index in [0.717, 1.165) is 22.1 Å². The van der Waals surface area contributed by atoms with Gasteiger partial charge in [-0.3, -0.25) is 4.79 Å². The lowest BCUT2D eigenvalue weighted by Gasteiger charge is -2.17. The molecule has 1 atom stereocenters. The first-order valence-electron chi connectivity index (χ1n) is 7.16. The molecule has 0 saturated carbocycles. The Morgan fingerprint density at radius 1 is 1.23 bits per heavy atom. The van der Waals surface area contributed by atoms with E-state index in [-0.39, 0.29) is 12.5 Å². The minimum atomic E-state index is -0.553. The molecule has 0 unspecified atom stereocenters. The molecule has 5 heteroatoms. The van der Waals surface area contributed by atoms with Gasteiger partial charge in [-0.2, -0.15) is 0 Å². The number of rotatable bonds is 3. The number of nitrogens with zero attached hydrogens (tertiary/aromatic N) is 1. The van der Waals surface area contributed by atoms with E-state index < -0.39 is 12.0 Å². The Labute approximate surface area is 128 Å². The average Bonchev–Trinajstić information content (AvgIpc) is 2.98. The highest BCUT2D eigenvalue weighted by Gasteiger charge is 2.32. The van der Waals surface area contributed by atoms with Crippen molar-refractivity contribution in [2.24, 2.45) is 0 Å². The van der Waals surface area contributed by atoms with Gasteiger partial charge in [-0.25, -0.2) is 9.69 Å². The van der Waals surface area contributed by atoms with Crippen LogP contribution in [0.25, 0.3) is 10.8 Å². The number of carbonyl (C=O) groups excluding carboxylic acids is 2. The quantitative estimate of drug-likeness (QED) is 0.874. The third-order valence-electron chi connectivity index (χ3n) is 3.97. The first-order valence-corrected chi connectivity index (χ1v) is 7.16. The monoisotopic (exact) mass is 299 g/mol. The molecule has 0 N–H and O–H groups in total. The smallest absolute Gasteiger partial charge is 0.416 e. The number of imide groups is 1. The van der Waals surface area contributed by atoms with Gasteiger partial charge in [0.1, 0.15) is 12.4 Å². The van der Waals surface area contributed by atoms with Crippen molar-refractivity contribution in [2.45, 2.75) is 12.8 Å². The van der Waals surface area contributed by atoms with Gasteiger partial charge in [0.2, 0.25) is 5.91 Å². The molecule has 3 rings (SSSR count). The zero-order valence-electron chi connectivity index (χ0n) is 12.5. The molecule has 1 saturated heterocycles. The Kier molecular flexibility index (Phi) is 3.71. The van der Waals surface area contributed by atoms with E-state index in [1.54, 1.807) is 14.0 Å². The lowest BCUT2D eigenvalue weighted by atomic mass is 9.96. The third-order valence-corrected chi connectivity index (χ3v) is 3.97. The van der Waals surface area contributed by atoms with Crippen LogP contribution >= 0.6 is 0 Å². The van der Waals surface area contributed by atoms with Crippen molar-refractivity contribution in [1.29, 1.82) is 0 Å². The van der Waals surface area contributed by atoms with Crippen molar-refractivity contribution in [1.82, 2.24) is 4.90 Å². The van der Waals surface area contributed by atoms with E-state index in [1.807, 2.05) is 36.4 Å². The van der Waals surface area contributed by atoms with Crippen molar-refractivity contribution in [3.05, 3.63) is 42.0 Å². The summed E-state index contributed by atoms with van der Waals surface area (Å²) in [4.78, 5) is 25.1. The molecule has 5 nitrogen and oxygen atoms in total. The van der Waals surface area contributed by atoms with Gasteiger partial charge in [-0.05, 0) is 35.4 Å². The van der Waals surface area contributed by atoms with Gasteiger partial charge in [-0.15, -0.1) is 0 Å². The van der Waals surface area contributed by atoms with Crippen molar-refractivity contribution in [3.63, 3.8) is 0 Å². The van der Waals surface area contributed by atoms with E-state index >= 15 is 0 Å². The molecule has 0 aromatic heterocycles. The Morgan fingerprint density at radius 2 is 1.95 bits per heavy atom. The predicted molar refractivity (Wildman–Crippen MR) is 82.0 cm³/mol. The van der Waals surface area contributed by atoms with Crippen LogP contribution in [0, 0.1) is 0 Å². The van der Waals surface area contributed by atoms with E-state index in [4.69, 9.17) is 9.47 Å². The lowest BCUT2D eigenvalue weighted by Crippen LogP contribution is -2.34. The Morgan fingerprint density at radius 3 is 2.64 bits per heavy atom. The fourth-order valence-corrected chi connectivity index (χ4v) is 2.61. The highest BCUT2D eigenvalue weighted by Crippen LogP contribution is 2.26. The third kappa shape index (κ3) is 2.50. The second kappa shape index (κ2) is 5.67. The summed E-state index contributed by atoms with van der Waals surface area (Å²) in [7, 11) is 1.63. The van der Waals surface area contributed by atoms with Crippen LogP contribution in [0.5, 0.6) is 5.75 Å². The Bertz CT molecular complexity index is 741. The number of hydrogen-bond donors (Lipinski definition) is 0. The Balaban J connectivity index is 1.89. The summed E-state index contributed by atoms with van der Waals surface area (Å²) in [5.74, 6) is 0.178. The molecule has 0 bridgehead atoms. The minimum absolute atomic E-state index is 0.227. The number of amides is 2. The highest BCUT2D eigenvalue weighted by molar-refractivity contribution is 5.97. The number of fused-ring (bicyclic) bond motifs is 1. The summed E-state index contributed by atoms with van der Waals surface area (Å²) < 4.78 is 10.0. The average molecular weight is 299 g/mol. The number of cyclic esters (lactones) is 1. The van der Waals surface area contributed by atoms with Gasteiger partial charge in [0, 0.05) is 0 Å². The zero-order chi connectivity index (χ0) is 15.7. The summed E-state index contributed by atoms with van der Waals surface area (Å²) in [6.07, 6.45) is -0.553. The van der Waals surface area contributed by atoms with Crippen LogP contribution in [-0.4, -0.2) is 37.2 Å². The van der Waals surface area contributed by atoms with Crippen molar-refractivity contribution < 1.29 is 19.1 Å². The van der Waals surface area contributed by atoms with E-state index in [0.29, 0.717) is 6.54 Å². The maximum absolute atomic E-state index is 12.4. The van der Waals surface area contributed by atoms with Gasteiger partial charge < -0.3 is 9.47 Å². The summed E-state index contributed by atoms with van der Waals surface area (Å²) in [6.45, 7) is 2.40. The number of benzene rings is 2. The molecule has 2 aromatic rings. The number of hydrogen-bond acceptors (Lipinski definition) is 4. The van der Waals surface area contributed by atoms with Gasteiger partial charge in [0.15, 0.2) is 0 Å².